The summed E-state index contributed by atoms with van der Waals surface area (Å²) in [5.41, 5.74) is 1.63. The first-order valence-electron chi connectivity index (χ1n) is 8.06. The van der Waals surface area contributed by atoms with E-state index in [1.807, 2.05) is 25.1 Å². The Morgan fingerprint density at radius 3 is 2.56 bits per heavy atom. The lowest BCUT2D eigenvalue weighted by molar-refractivity contribution is -0.119. The number of sulfonamides is 1. The van der Waals surface area contributed by atoms with E-state index in [1.54, 1.807) is 6.07 Å². The minimum absolute atomic E-state index is 0.0329. The lowest BCUT2D eigenvalue weighted by Gasteiger charge is -2.09. The van der Waals surface area contributed by atoms with E-state index in [-0.39, 0.29) is 15.5 Å². The summed E-state index contributed by atoms with van der Waals surface area (Å²) in [7, 11) is -2.60. The van der Waals surface area contributed by atoms with Crippen molar-refractivity contribution < 1.29 is 22.7 Å². The fourth-order valence-electron chi connectivity index (χ4n) is 2.23. The van der Waals surface area contributed by atoms with Gasteiger partial charge in [0.1, 0.15) is 4.90 Å². The van der Waals surface area contributed by atoms with Crippen LogP contribution in [-0.2, 0) is 26.0 Å². The van der Waals surface area contributed by atoms with Gasteiger partial charge in [0.25, 0.3) is 5.91 Å². The summed E-state index contributed by atoms with van der Waals surface area (Å²) in [6.07, 6.45) is 0.827. The molecular formula is C18H19ClN2O5S. The van der Waals surface area contributed by atoms with E-state index in [9.17, 15) is 18.0 Å². The van der Waals surface area contributed by atoms with E-state index in [1.165, 1.54) is 19.2 Å². The molecule has 0 spiro atoms. The molecule has 27 heavy (non-hydrogen) atoms. The van der Waals surface area contributed by atoms with Crippen molar-refractivity contribution in [2.24, 2.45) is 0 Å². The summed E-state index contributed by atoms with van der Waals surface area (Å²) in [4.78, 5) is 23.8. The third-order valence-electron chi connectivity index (χ3n) is 3.68. The Morgan fingerprint density at radius 2 is 1.89 bits per heavy atom. The van der Waals surface area contributed by atoms with Crippen LogP contribution in [0.5, 0.6) is 0 Å². The van der Waals surface area contributed by atoms with Crippen molar-refractivity contribution in [2.45, 2.75) is 18.2 Å². The molecule has 1 amide bonds. The Hall–Kier alpha value is -2.42. The van der Waals surface area contributed by atoms with Crippen LogP contribution in [0.4, 0.5) is 5.69 Å². The number of nitrogens with one attached hydrogen (secondary N) is 2. The molecule has 2 aromatic carbocycles. The van der Waals surface area contributed by atoms with Crippen LogP contribution in [0.25, 0.3) is 0 Å². The SMILES string of the molecule is CCc1cccc(NC(=O)COC(=O)c2ccc(Cl)c(S(=O)(=O)NC)c2)c1. The molecule has 144 valence electrons. The molecule has 0 radical (unpaired) electrons. The average molecular weight is 411 g/mol. The minimum atomic E-state index is -3.83. The van der Waals surface area contributed by atoms with E-state index in [0.717, 1.165) is 18.1 Å². The van der Waals surface area contributed by atoms with Gasteiger partial charge >= 0.3 is 5.97 Å². The third kappa shape index (κ3) is 5.53. The van der Waals surface area contributed by atoms with Crippen LogP contribution < -0.4 is 10.0 Å². The van der Waals surface area contributed by atoms with Gasteiger partial charge in [-0.3, -0.25) is 4.79 Å². The molecule has 0 heterocycles. The van der Waals surface area contributed by atoms with Crippen LogP contribution in [0.3, 0.4) is 0 Å². The van der Waals surface area contributed by atoms with Crippen LogP contribution in [0, 0.1) is 0 Å². The van der Waals surface area contributed by atoms with Gasteiger partial charge in [0, 0.05) is 5.69 Å². The highest BCUT2D eigenvalue weighted by molar-refractivity contribution is 7.89. The first-order chi connectivity index (χ1) is 12.8. The molecule has 0 bridgehead atoms. The Balaban J connectivity index is 2.03. The van der Waals surface area contributed by atoms with Gasteiger partial charge in [-0.15, -0.1) is 0 Å². The van der Waals surface area contributed by atoms with Crippen LogP contribution in [0.2, 0.25) is 5.02 Å². The lowest BCUT2D eigenvalue weighted by atomic mass is 10.1. The molecule has 7 nitrogen and oxygen atoms in total. The van der Waals surface area contributed by atoms with E-state index >= 15 is 0 Å². The van der Waals surface area contributed by atoms with Crippen molar-refractivity contribution in [2.75, 3.05) is 19.0 Å². The Labute approximate surface area is 162 Å². The zero-order chi connectivity index (χ0) is 20.0. The number of carbonyl (C=O) groups is 2. The third-order valence-corrected chi connectivity index (χ3v) is 5.57. The van der Waals surface area contributed by atoms with Gasteiger partial charge in [-0.1, -0.05) is 30.7 Å². The Morgan fingerprint density at radius 1 is 1.15 bits per heavy atom. The number of hydrogen-bond acceptors (Lipinski definition) is 5. The average Bonchev–Trinajstić information content (AvgIpc) is 2.66. The molecule has 0 aliphatic heterocycles. The van der Waals surface area contributed by atoms with Gasteiger partial charge < -0.3 is 10.1 Å². The number of aryl methyl sites for hydroxylation is 1. The number of benzene rings is 2. The normalized spacial score (nSPS) is 11.1. The predicted octanol–water partition coefficient (Wildman–Crippen LogP) is 2.61. The molecule has 0 aliphatic carbocycles. The van der Waals surface area contributed by atoms with Crippen LogP contribution in [0.1, 0.15) is 22.8 Å². The second-order valence-corrected chi connectivity index (χ2v) is 7.79. The van der Waals surface area contributed by atoms with Crippen molar-refractivity contribution in [1.82, 2.24) is 4.72 Å². The molecule has 0 atom stereocenters. The standard InChI is InChI=1S/C18H19ClN2O5S/c1-3-12-5-4-6-14(9-12)21-17(22)11-26-18(23)13-7-8-15(19)16(10-13)27(24,25)20-2/h4-10,20H,3,11H2,1-2H3,(H,21,22). The van der Waals surface area contributed by atoms with Crippen molar-refractivity contribution in [3.05, 3.63) is 58.6 Å². The molecular weight excluding hydrogens is 392 g/mol. The summed E-state index contributed by atoms with van der Waals surface area (Å²) < 4.78 is 30.9. The van der Waals surface area contributed by atoms with Gasteiger partial charge in [-0.05, 0) is 49.4 Å². The van der Waals surface area contributed by atoms with E-state index in [0.29, 0.717) is 5.69 Å². The molecule has 2 N–H and O–H groups in total. The number of hydrogen-bond donors (Lipinski definition) is 2. The van der Waals surface area contributed by atoms with Crippen molar-refractivity contribution >= 4 is 39.2 Å². The Bertz CT molecular complexity index is 960. The van der Waals surface area contributed by atoms with Crippen molar-refractivity contribution in [1.29, 1.82) is 0 Å². The van der Waals surface area contributed by atoms with Crippen molar-refractivity contribution in [3.63, 3.8) is 0 Å². The lowest BCUT2D eigenvalue weighted by Crippen LogP contribution is -2.22. The zero-order valence-corrected chi connectivity index (χ0v) is 16.4. The fourth-order valence-corrected chi connectivity index (χ4v) is 3.48. The predicted molar refractivity (Wildman–Crippen MR) is 102 cm³/mol. The second-order valence-electron chi connectivity index (χ2n) is 5.53. The first-order valence-corrected chi connectivity index (χ1v) is 9.92. The van der Waals surface area contributed by atoms with Gasteiger partial charge in [-0.2, -0.15) is 0 Å². The number of halogens is 1. The van der Waals surface area contributed by atoms with E-state index in [4.69, 9.17) is 16.3 Å². The molecule has 9 heteroatoms. The van der Waals surface area contributed by atoms with Crippen molar-refractivity contribution in [3.8, 4) is 0 Å². The largest absolute Gasteiger partial charge is 0.452 e. The highest BCUT2D eigenvalue weighted by Gasteiger charge is 2.19. The van der Waals surface area contributed by atoms with Gasteiger partial charge in [0.15, 0.2) is 6.61 Å². The number of amides is 1. The van der Waals surface area contributed by atoms with Crippen LogP contribution in [-0.4, -0.2) is 33.9 Å². The smallest absolute Gasteiger partial charge is 0.338 e. The zero-order valence-electron chi connectivity index (χ0n) is 14.8. The number of carbonyl (C=O) groups excluding carboxylic acids is 2. The van der Waals surface area contributed by atoms with Gasteiger partial charge in [0.2, 0.25) is 10.0 Å². The fraction of sp³-hybridized carbons (Fsp3) is 0.222. The highest BCUT2D eigenvalue weighted by atomic mass is 35.5. The highest BCUT2D eigenvalue weighted by Crippen LogP contribution is 2.22. The number of rotatable bonds is 7. The van der Waals surface area contributed by atoms with Crippen LogP contribution >= 0.6 is 11.6 Å². The monoisotopic (exact) mass is 410 g/mol. The maximum absolute atomic E-state index is 12.1. The summed E-state index contributed by atoms with van der Waals surface area (Å²) >= 11 is 5.87. The first kappa shape index (κ1) is 20.9. The number of esters is 1. The maximum Gasteiger partial charge on any atom is 0.338 e. The van der Waals surface area contributed by atoms with E-state index in [2.05, 4.69) is 10.0 Å². The molecule has 0 aliphatic rings. The van der Waals surface area contributed by atoms with Crippen LogP contribution in [0.15, 0.2) is 47.4 Å². The Kier molecular flexibility index (Phi) is 6.95. The molecule has 0 unspecified atom stereocenters. The topological polar surface area (TPSA) is 102 Å². The number of ether oxygens (including phenoxy) is 1. The molecule has 2 aromatic rings. The summed E-state index contributed by atoms with van der Waals surface area (Å²) in [6.45, 7) is 1.49. The molecule has 2 rings (SSSR count). The summed E-state index contributed by atoms with van der Waals surface area (Å²) in [6, 6.07) is 11.0. The maximum atomic E-state index is 12.1. The second kappa shape index (κ2) is 8.98. The summed E-state index contributed by atoms with van der Waals surface area (Å²) in [5.74, 6) is -1.34. The minimum Gasteiger partial charge on any atom is -0.452 e. The summed E-state index contributed by atoms with van der Waals surface area (Å²) in [5, 5.41) is 2.60. The molecule has 0 fully saturated rings. The molecule has 0 saturated heterocycles. The van der Waals surface area contributed by atoms with Gasteiger partial charge in [0.05, 0.1) is 10.6 Å². The number of anilines is 1. The molecule has 0 saturated carbocycles. The van der Waals surface area contributed by atoms with Gasteiger partial charge in [-0.25, -0.2) is 17.9 Å². The van der Waals surface area contributed by atoms with E-state index < -0.39 is 28.5 Å². The molecule has 0 aromatic heterocycles. The quantitative estimate of drug-likeness (QED) is 0.683.